The molecule has 0 bridgehead atoms. The molecule has 0 aromatic heterocycles. The van der Waals surface area contributed by atoms with Gasteiger partial charge in [0, 0.05) is 25.3 Å². The second kappa shape index (κ2) is 25.7. The minimum atomic E-state index is -0.389. The van der Waals surface area contributed by atoms with Gasteiger partial charge in [-0.05, 0) is 99.4 Å². The lowest BCUT2D eigenvalue weighted by molar-refractivity contribution is -0.143. The van der Waals surface area contributed by atoms with Crippen molar-refractivity contribution in [3.8, 4) is 12.1 Å². The zero-order chi connectivity index (χ0) is 35.6. The number of esters is 1. The zero-order valence-corrected chi connectivity index (χ0v) is 30.6. The van der Waals surface area contributed by atoms with Crippen molar-refractivity contribution in [2.24, 2.45) is 4.99 Å². The summed E-state index contributed by atoms with van der Waals surface area (Å²) in [6, 6.07) is 15.5. The van der Waals surface area contributed by atoms with Crippen LogP contribution in [0.3, 0.4) is 0 Å². The quantitative estimate of drug-likeness (QED) is 0.0380. The summed E-state index contributed by atoms with van der Waals surface area (Å²) < 4.78 is 5.76. The highest BCUT2D eigenvalue weighted by atomic mass is 16.5. The lowest BCUT2D eigenvalue weighted by Gasteiger charge is -2.29. The Morgan fingerprint density at radius 2 is 1.52 bits per heavy atom. The average Bonchev–Trinajstić information content (AvgIpc) is 3.09. The molecular weight excluding hydrogens is 594 g/mol. The fraction of sp³-hybridized carbons (Fsp3) is 0.512. The van der Waals surface area contributed by atoms with Crippen molar-refractivity contribution >= 4 is 29.3 Å². The van der Waals surface area contributed by atoms with Crippen LogP contribution in [0.25, 0.3) is 6.08 Å². The monoisotopic (exact) mass is 655 g/mol. The molecule has 0 amide bonds. The van der Waals surface area contributed by atoms with E-state index in [9.17, 15) is 10.1 Å². The molecule has 0 heterocycles. The van der Waals surface area contributed by atoms with Crippen LogP contribution in [0.15, 0.2) is 59.6 Å². The van der Waals surface area contributed by atoms with Crippen LogP contribution in [0.2, 0.25) is 0 Å². The molecule has 0 aliphatic heterocycles. The number of allylic oxidation sites excluding steroid dienone is 2. The summed E-state index contributed by atoms with van der Waals surface area (Å²) in [5.74, 6) is 0.446. The van der Waals surface area contributed by atoms with E-state index in [1.54, 1.807) is 18.2 Å². The number of anilines is 2. The van der Waals surface area contributed by atoms with E-state index in [0.29, 0.717) is 17.8 Å². The van der Waals surface area contributed by atoms with E-state index in [0.717, 1.165) is 47.3 Å². The van der Waals surface area contributed by atoms with Crippen LogP contribution in [0.1, 0.15) is 135 Å². The molecule has 0 aliphatic rings. The highest BCUT2D eigenvalue weighted by Crippen LogP contribution is 2.24. The Bertz CT molecular complexity index is 1360. The highest BCUT2D eigenvalue weighted by Gasteiger charge is 2.17. The molecule has 1 atom stereocenters. The van der Waals surface area contributed by atoms with Crippen LogP contribution in [-0.2, 0) is 9.53 Å². The van der Waals surface area contributed by atoms with Gasteiger partial charge in [-0.15, -0.1) is 0 Å². The van der Waals surface area contributed by atoms with E-state index in [1.165, 1.54) is 57.4 Å². The van der Waals surface area contributed by atoms with Crippen molar-refractivity contribution in [3.05, 3.63) is 76.9 Å². The van der Waals surface area contributed by atoms with Gasteiger partial charge < -0.3 is 15.0 Å². The number of carbonyl (C=O) groups is 1. The molecule has 0 fully saturated rings. The number of amidine groups is 1. The first-order valence-electron chi connectivity index (χ1n) is 17.9. The fourth-order valence-corrected chi connectivity index (χ4v) is 5.37. The van der Waals surface area contributed by atoms with Gasteiger partial charge in [0.15, 0.2) is 6.73 Å². The lowest BCUT2D eigenvalue weighted by Crippen LogP contribution is -2.36. The molecule has 0 spiro atoms. The number of aryl methyl sites for hydroxylation is 2. The maximum Gasteiger partial charge on any atom is 0.307 e. The highest BCUT2D eigenvalue weighted by molar-refractivity contribution is 6.04. The summed E-state index contributed by atoms with van der Waals surface area (Å²) in [4.78, 5) is 19.6. The van der Waals surface area contributed by atoms with Crippen LogP contribution < -0.4 is 10.2 Å². The number of rotatable bonds is 20. The first-order valence-corrected chi connectivity index (χ1v) is 17.9. The van der Waals surface area contributed by atoms with Gasteiger partial charge in [0.05, 0.1) is 17.7 Å². The first kappa shape index (κ1) is 41.7. The molecule has 1 unspecified atom stereocenters. The second-order valence-electron chi connectivity index (χ2n) is 11.8. The summed E-state index contributed by atoms with van der Waals surface area (Å²) in [6.07, 6.45) is 20.7. The van der Waals surface area contributed by atoms with Crippen molar-refractivity contribution in [3.63, 3.8) is 0 Å². The largest absolute Gasteiger partial charge is 0.444 e. The molecule has 48 heavy (non-hydrogen) atoms. The van der Waals surface area contributed by atoms with Crippen molar-refractivity contribution in [2.45, 2.75) is 132 Å². The Balaban J connectivity index is 0.00000753. The van der Waals surface area contributed by atoms with Crippen LogP contribution in [0.5, 0.6) is 0 Å². The Morgan fingerprint density at radius 1 is 0.958 bits per heavy atom. The standard InChI is InChI=1S/C39H53N5O2.C2H6.H2/c1-6-8-9-10-11-12-13-14-15-16-17-21-38(45)46-30-44(36-24-22-34(29-41)23-25-36)33(5)42-37(19-7-2)43-39-31(3)27-35(20-18-26-40)28-32(39)4;1-2;/h7,18-20,22-25,27-28,33H,6,8-17,21,30H2,1-5H3,(H,42,43);1-2H3;1H/b19-7-,20-18+;;. The van der Waals surface area contributed by atoms with E-state index in [2.05, 4.69) is 18.3 Å². The number of unbranched alkanes of at least 4 members (excludes halogenated alkanes) is 10. The predicted molar refractivity (Wildman–Crippen MR) is 205 cm³/mol. The van der Waals surface area contributed by atoms with Crippen LogP contribution in [-0.4, -0.2) is 24.7 Å². The minimum Gasteiger partial charge on any atom is -0.444 e. The van der Waals surface area contributed by atoms with Gasteiger partial charge in [-0.2, -0.15) is 10.5 Å². The molecule has 2 rings (SSSR count). The van der Waals surface area contributed by atoms with Gasteiger partial charge in [-0.3, -0.25) is 4.79 Å². The molecule has 0 saturated heterocycles. The summed E-state index contributed by atoms with van der Waals surface area (Å²) in [5.41, 5.74) is 5.33. The molecule has 7 nitrogen and oxygen atoms in total. The molecule has 0 saturated carbocycles. The number of carbonyl (C=O) groups excluding carboxylic acids is 1. The van der Waals surface area contributed by atoms with Crippen LogP contribution in [0.4, 0.5) is 11.4 Å². The van der Waals surface area contributed by atoms with Crippen molar-refractivity contribution < 1.29 is 11.0 Å². The third-order valence-corrected chi connectivity index (χ3v) is 7.94. The summed E-state index contributed by atoms with van der Waals surface area (Å²) in [7, 11) is 0. The van der Waals surface area contributed by atoms with Crippen molar-refractivity contribution in [2.75, 3.05) is 16.9 Å². The molecule has 1 N–H and O–H groups in total. The van der Waals surface area contributed by atoms with Crippen LogP contribution >= 0.6 is 0 Å². The zero-order valence-electron chi connectivity index (χ0n) is 30.6. The molecule has 0 aliphatic carbocycles. The van der Waals surface area contributed by atoms with Crippen LogP contribution in [0, 0.1) is 36.5 Å². The van der Waals surface area contributed by atoms with E-state index in [1.807, 2.05) is 88.9 Å². The summed E-state index contributed by atoms with van der Waals surface area (Å²) >= 11 is 0. The van der Waals surface area contributed by atoms with Gasteiger partial charge in [0.1, 0.15) is 12.0 Å². The number of aliphatic imine (C=N–C) groups is 1. The third kappa shape index (κ3) is 16.5. The van der Waals surface area contributed by atoms with Gasteiger partial charge >= 0.3 is 5.97 Å². The Morgan fingerprint density at radius 3 is 2.04 bits per heavy atom. The Labute approximate surface area is 292 Å². The lowest BCUT2D eigenvalue weighted by atomic mass is 10.0. The van der Waals surface area contributed by atoms with Crippen molar-refractivity contribution in [1.82, 2.24) is 0 Å². The number of benzene rings is 2. The number of nitrogens with one attached hydrogen (secondary N) is 1. The second-order valence-corrected chi connectivity index (χ2v) is 11.8. The third-order valence-electron chi connectivity index (χ3n) is 7.94. The van der Waals surface area contributed by atoms with E-state index in [4.69, 9.17) is 15.0 Å². The minimum absolute atomic E-state index is 0. The summed E-state index contributed by atoms with van der Waals surface area (Å²) in [5, 5.41) is 21.7. The molecule has 7 heteroatoms. The van der Waals surface area contributed by atoms with Gasteiger partial charge in [-0.1, -0.05) is 91.1 Å². The molecular formula is C41H61N5O2. The SMILES string of the molecule is C/C=C\C(=N/C(C)N(COC(=O)CCCCCCCCCCCCC)c1ccc(C#N)cc1)Nc1c(C)cc(/C=C/C#N)cc1C.CC.[HH]. The van der Waals surface area contributed by atoms with E-state index in [-0.39, 0.29) is 20.3 Å². The smallest absolute Gasteiger partial charge is 0.307 e. The Hall–Kier alpha value is -4.36. The first-order chi connectivity index (χ1) is 23.3. The maximum atomic E-state index is 12.7. The topological polar surface area (TPSA) is 102 Å². The number of hydrogen-bond acceptors (Lipinski definition) is 6. The molecule has 262 valence electrons. The van der Waals surface area contributed by atoms with E-state index >= 15 is 0 Å². The Kier molecular flexibility index (Phi) is 22.3. The number of nitrogens with zero attached hydrogens (tertiary/aromatic N) is 4. The number of nitriles is 2. The average molecular weight is 656 g/mol. The number of ether oxygens (including phenoxy) is 1. The van der Waals surface area contributed by atoms with Gasteiger partial charge in [-0.25, -0.2) is 4.99 Å². The molecule has 2 aromatic rings. The molecule has 0 radical (unpaired) electrons. The van der Waals surface area contributed by atoms with Gasteiger partial charge in [0.2, 0.25) is 0 Å². The number of hydrogen-bond donors (Lipinski definition) is 1. The maximum absolute atomic E-state index is 12.7. The predicted octanol–water partition coefficient (Wildman–Crippen LogP) is 11.4. The van der Waals surface area contributed by atoms with Crippen molar-refractivity contribution in [1.29, 1.82) is 10.5 Å². The van der Waals surface area contributed by atoms with E-state index < -0.39 is 0 Å². The van der Waals surface area contributed by atoms with Gasteiger partial charge in [0.25, 0.3) is 0 Å². The fourth-order valence-electron chi connectivity index (χ4n) is 5.37. The summed E-state index contributed by atoms with van der Waals surface area (Å²) in [6.45, 7) is 14.2. The normalized spacial score (nSPS) is 11.8. The molecule has 2 aromatic carbocycles.